The van der Waals surface area contributed by atoms with E-state index in [1.165, 1.54) is 32.1 Å². The first-order chi connectivity index (χ1) is 19.1. The topological polar surface area (TPSA) is 131 Å². The molecule has 0 aliphatic heterocycles. The third-order valence-electron chi connectivity index (χ3n) is 6.16. The lowest BCUT2D eigenvalue weighted by Gasteiger charge is -2.24. The fourth-order valence-corrected chi connectivity index (χ4v) is 3.97. The zero-order valence-electron chi connectivity index (χ0n) is 23.3. The van der Waals surface area contributed by atoms with E-state index >= 15 is 0 Å². The quantitative estimate of drug-likeness (QED) is 0.266. The zero-order valence-corrected chi connectivity index (χ0v) is 23.3. The maximum absolute atomic E-state index is 13.5. The van der Waals surface area contributed by atoms with Crippen LogP contribution in [0.15, 0.2) is 67.1 Å². The van der Waals surface area contributed by atoms with Gasteiger partial charge in [0, 0.05) is 37.1 Å². The molecule has 9 nitrogen and oxygen atoms in total. The molecule has 0 unspecified atom stereocenters. The minimum absolute atomic E-state index is 0.0789. The molecule has 2 aromatic carbocycles. The van der Waals surface area contributed by atoms with Gasteiger partial charge >= 0.3 is 7.48 Å². The largest absolute Gasteiger partial charge is 0.558 e. The van der Waals surface area contributed by atoms with E-state index in [0.717, 1.165) is 11.1 Å². The third kappa shape index (κ3) is 9.52. The van der Waals surface area contributed by atoms with E-state index in [1.54, 1.807) is 12.1 Å². The monoisotopic (exact) mass is 543 g/mol. The van der Waals surface area contributed by atoms with Crippen LogP contribution < -0.4 is 15.3 Å². The van der Waals surface area contributed by atoms with Crippen molar-refractivity contribution in [3.63, 3.8) is 0 Å². The van der Waals surface area contributed by atoms with Crippen LogP contribution >= 0.6 is 0 Å². The Labute approximate surface area is 236 Å². The maximum Gasteiger partial charge on any atom is 0.394 e. The van der Waals surface area contributed by atoms with E-state index in [2.05, 4.69) is 20.6 Å². The predicted octanol–water partition coefficient (Wildman–Crippen LogP) is 3.48. The van der Waals surface area contributed by atoms with Crippen LogP contribution in [0.5, 0.6) is 11.5 Å². The zero-order chi connectivity index (χ0) is 29.1. The van der Waals surface area contributed by atoms with Crippen molar-refractivity contribution < 1.29 is 24.1 Å². The Morgan fingerprint density at radius 3 is 2.38 bits per heavy atom. The Hall–Kier alpha value is -4.21. The highest BCUT2D eigenvalue weighted by molar-refractivity contribution is 6.31. The maximum atomic E-state index is 13.5. The molecule has 0 bridgehead atoms. The summed E-state index contributed by atoms with van der Waals surface area (Å²) in [6.45, 7) is 7.71. The highest BCUT2D eigenvalue weighted by Crippen LogP contribution is 2.27. The van der Waals surface area contributed by atoms with Crippen LogP contribution in [0.2, 0.25) is 0 Å². The molecular formula is C30H36BN4O5. The summed E-state index contributed by atoms with van der Waals surface area (Å²) < 4.78 is 5.83. The molecule has 0 spiro atoms. The van der Waals surface area contributed by atoms with Gasteiger partial charge in [-0.05, 0) is 35.6 Å². The van der Waals surface area contributed by atoms with Crippen LogP contribution in [0.4, 0.5) is 0 Å². The lowest BCUT2D eigenvalue weighted by Crippen LogP contribution is -2.53. The molecule has 3 N–H and O–H groups in total. The highest BCUT2D eigenvalue weighted by Gasteiger charge is 2.27. The fraction of sp³-hybridized carbons (Fsp3) is 0.367. The van der Waals surface area contributed by atoms with Crippen LogP contribution in [0.25, 0.3) is 0 Å². The number of aromatic hydroxyl groups is 1. The van der Waals surface area contributed by atoms with Gasteiger partial charge in [0.05, 0.1) is 6.20 Å². The first-order valence-electron chi connectivity index (χ1n) is 13.4. The summed E-state index contributed by atoms with van der Waals surface area (Å²) in [5.74, 6) is -1.14. The van der Waals surface area contributed by atoms with E-state index < -0.39 is 23.8 Å². The average molecular weight is 543 g/mol. The second-order valence-electron chi connectivity index (χ2n) is 10.4. The first kappa shape index (κ1) is 30.3. The average Bonchev–Trinajstić information content (AvgIpc) is 2.93. The van der Waals surface area contributed by atoms with Gasteiger partial charge in [0.25, 0.3) is 5.91 Å². The molecule has 0 aliphatic rings. The Balaban J connectivity index is 1.74. The molecule has 2 atom stereocenters. The Morgan fingerprint density at radius 1 is 0.975 bits per heavy atom. The number of hydrogen-bond donors (Lipinski definition) is 3. The molecule has 209 valence electrons. The van der Waals surface area contributed by atoms with Gasteiger partial charge in [-0.25, -0.2) is 4.98 Å². The molecule has 0 aliphatic carbocycles. The number of amides is 2. The van der Waals surface area contributed by atoms with Gasteiger partial charge in [0.15, 0.2) is 5.75 Å². The number of benzene rings is 2. The molecule has 10 heteroatoms. The van der Waals surface area contributed by atoms with Crippen molar-refractivity contribution in [1.82, 2.24) is 20.6 Å². The van der Waals surface area contributed by atoms with Gasteiger partial charge in [-0.2, -0.15) is 0 Å². The summed E-state index contributed by atoms with van der Waals surface area (Å²) in [5, 5.41) is 16.1. The lowest BCUT2D eigenvalue weighted by atomic mass is 9.81. The minimum atomic E-state index is -0.890. The lowest BCUT2D eigenvalue weighted by molar-refractivity contribution is -0.123. The van der Waals surface area contributed by atoms with Gasteiger partial charge in [-0.15, -0.1) is 0 Å². The minimum Gasteiger partial charge on any atom is -0.558 e. The van der Waals surface area contributed by atoms with E-state index in [4.69, 9.17) is 4.65 Å². The van der Waals surface area contributed by atoms with E-state index in [0.29, 0.717) is 6.42 Å². The summed E-state index contributed by atoms with van der Waals surface area (Å²) in [4.78, 5) is 46.5. The van der Waals surface area contributed by atoms with Gasteiger partial charge in [-0.1, -0.05) is 64.1 Å². The summed E-state index contributed by atoms with van der Waals surface area (Å²) >= 11 is 0. The van der Waals surface area contributed by atoms with Gasteiger partial charge < -0.3 is 20.4 Å². The van der Waals surface area contributed by atoms with Crippen LogP contribution in [0.1, 0.15) is 55.7 Å². The second-order valence-corrected chi connectivity index (χ2v) is 10.4. The molecule has 1 heterocycles. The van der Waals surface area contributed by atoms with Gasteiger partial charge in [0.1, 0.15) is 23.3 Å². The number of carbonyl (C=O) groups excluding carboxylic acids is 3. The number of phenolic OH excluding ortho intramolecular Hbond substituents is 1. The third-order valence-corrected chi connectivity index (χ3v) is 6.16. The predicted molar refractivity (Wildman–Crippen MR) is 153 cm³/mol. The Bertz CT molecular complexity index is 1270. The number of phenols is 1. The molecular weight excluding hydrogens is 507 g/mol. The first-order valence-corrected chi connectivity index (χ1v) is 13.4. The van der Waals surface area contributed by atoms with Gasteiger partial charge in [-0.3, -0.25) is 19.4 Å². The summed E-state index contributed by atoms with van der Waals surface area (Å²) in [7, 11) is 1.46. The number of nitrogens with one attached hydrogen (secondary N) is 2. The number of hydrogen-bond acceptors (Lipinski definition) is 7. The number of carbonyl (C=O) groups is 3. The van der Waals surface area contributed by atoms with Crippen molar-refractivity contribution in [2.75, 3.05) is 0 Å². The highest BCUT2D eigenvalue weighted by atomic mass is 16.4. The summed E-state index contributed by atoms with van der Waals surface area (Å²) in [6, 6.07) is 13.3. The molecule has 2 amide bonds. The normalized spacial score (nSPS) is 12.4. The summed E-state index contributed by atoms with van der Waals surface area (Å²) in [6.07, 6.45) is 5.26. The van der Waals surface area contributed by atoms with Crippen molar-refractivity contribution in [3.8, 4) is 11.5 Å². The number of ketones is 1. The summed E-state index contributed by atoms with van der Waals surface area (Å²) in [5.41, 5.74) is 1.70. The van der Waals surface area contributed by atoms with E-state index in [9.17, 15) is 19.5 Å². The van der Waals surface area contributed by atoms with Crippen molar-refractivity contribution >= 4 is 25.1 Å². The smallest absolute Gasteiger partial charge is 0.394 e. The van der Waals surface area contributed by atoms with Crippen LogP contribution in [-0.2, 0) is 22.4 Å². The molecule has 1 radical (unpaired) electrons. The number of nitrogens with zero attached hydrogens (tertiary/aromatic N) is 2. The molecule has 3 aromatic rings. The molecule has 3 rings (SSSR count). The molecule has 0 saturated carbocycles. The van der Waals surface area contributed by atoms with E-state index in [1.807, 2.05) is 58.0 Å². The van der Waals surface area contributed by atoms with Gasteiger partial charge in [0.2, 0.25) is 5.91 Å². The molecule has 0 saturated heterocycles. The fourth-order valence-electron chi connectivity index (χ4n) is 3.97. The Kier molecular flexibility index (Phi) is 11.2. The van der Waals surface area contributed by atoms with Crippen LogP contribution in [0.3, 0.4) is 0 Å². The second kappa shape index (κ2) is 14.8. The van der Waals surface area contributed by atoms with E-state index in [-0.39, 0.29) is 47.7 Å². The van der Waals surface area contributed by atoms with Crippen LogP contribution in [0, 0.1) is 11.8 Å². The van der Waals surface area contributed by atoms with Crippen molar-refractivity contribution in [1.29, 1.82) is 0 Å². The Morgan fingerprint density at radius 2 is 1.73 bits per heavy atom. The number of Topliss-reactive ketones (excluding diaryl/α,β-unsaturated/α-hetero) is 1. The van der Waals surface area contributed by atoms with Crippen molar-refractivity contribution in [3.05, 3.63) is 83.9 Å². The molecule has 1 aromatic heterocycles. The van der Waals surface area contributed by atoms with Crippen molar-refractivity contribution in [2.45, 2.75) is 58.9 Å². The molecule has 0 fully saturated rings. The standard InChI is InChI=1S/C30H36BN4O5/c1-19(2)14-28(31-40-27-17-22(10-11-25(27)36)16-26(37)20(3)4)35-29(38)23(15-21-8-6-5-7-9-21)34-30(39)24-18-32-12-13-33-24/h5-13,17-20,23,28,36H,14-16H2,1-4H3,(H,34,39)(H,35,38)/t23-,28-/m0/s1. The number of rotatable bonds is 14. The van der Waals surface area contributed by atoms with Crippen molar-refractivity contribution in [2.24, 2.45) is 11.8 Å². The van der Waals surface area contributed by atoms with Crippen LogP contribution in [-0.4, -0.2) is 52.1 Å². The number of aromatic nitrogens is 2. The molecule has 40 heavy (non-hydrogen) atoms. The SMILES string of the molecule is CC(C)C[C@@H]([B]Oc1cc(CC(=O)C(C)C)ccc1O)NC(=O)[C@H](Cc1ccccc1)NC(=O)c1cnccn1.